The zero-order valence-corrected chi connectivity index (χ0v) is 11.0. The molecule has 0 aromatic rings. The monoisotopic (exact) mass is 251 g/mol. The molecule has 0 aliphatic rings. The average molecular weight is 251 g/mol. The molecule has 1 radical (unpaired) electrons. The van der Waals surface area contributed by atoms with Gasteiger partial charge in [-0.25, -0.2) is 0 Å². The van der Waals surface area contributed by atoms with Gasteiger partial charge >= 0.3 is 0 Å². The summed E-state index contributed by atoms with van der Waals surface area (Å²) < 4.78 is 0. The fourth-order valence-electron chi connectivity index (χ4n) is 0.354. The van der Waals surface area contributed by atoms with Gasteiger partial charge in [0.25, 0.3) is 0 Å². The van der Waals surface area contributed by atoms with Gasteiger partial charge in [0.2, 0.25) is 0 Å². The van der Waals surface area contributed by atoms with Gasteiger partial charge < -0.3 is 0 Å². The number of unbranched alkanes of at least 4 members (excludes halogenated alkanes) is 3. The topological polar surface area (TPSA) is 0 Å². The summed E-state index contributed by atoms with van der Waals surface area (Å²) in [5, 5.41) is 0. The summed E-state index contributed by atoms with van der Waals surface area (Å²) in [6, 6.07) is 0. The summed E-state index contributed by atoms with van der Waals surface area (Å²) in [5.41, 5.74) is 0. The predicted molar refractivity (Wildman–Crippen MR) is 59.2 cm³/mol. The number of rotatable bonds is 3. The summed E-state index contributed by atoms with van der Waals surface area (Å²) >= 11 is 0. The van der Waals surface area contributed by atoms with Gasteiger partial charge in [-0.1, -0.05) is 74.7 Å². The quantitative estimate of drug-likeness (QED) is 0.640. The minimum atomic E-state index is 0. The molecule has 12 heavy (non-hydrogen) atoms. The van der Waals surface area contributed by atoms with Crippen molar-refractivity contribution in [2.45, 2.75) is 74.7 Å². The third kappa shape index (κ3) is 67.3. The summed E-state index contributed by atoms with van der Waals surface area (Å²) in [6.07, 6.45) is 6.72. The molecule has 0 atom stereocenters. The second-order valence-electron chi connectivity index (χ2n) is 2.35. The van der Waals surface area contributed by atoms with Crippen molar-refractivity contribution in [3.8, 4) is 0 Å². The van der Waals surface area contributed by atoms with Crippen molar-refractivity contribution >= 4 is 0 Å². The molecule has 0 unspecified atom stereocenters. The minimum Gasteiger partial charge on any atom is -0.0776 e. The Bertz CT molecular complexity index is 24.2. The van der Waals surface area contributed by atoms with Crippen LogP contribution in [0.4, 0.5) is 0 Å². The molecule has 0 aliphatic heterocycles. The Balaban J connectivity index is -0.0000000221. The Kier molecular flexibility index (Phi) is 97.6. The first kappa shape index (κ1) is 29.2. The van der Waals surface area contributed by atoms with Crippen LogP contribution in [0, 0.1) is 0 Å². The molecule has 0 spiro atoms. The second-order valence-corrected chi connectivity index (χ2v) is 2.35. The predicted octanol–water partition coefficient (Wildman–Crippen LogP) is 5.27. The molecular formula is C11H30Y. The SMILES string of the molecule is C.C.CCCC.CCCCC.[Y]. The summed E-state index contributed by atoms with van der Waals surface area (Å²) in [5.74, 6) is 0. The molecule has 0 bridgehead atoms. The van der Waals surface area contributed by atoms with E-state index in [0.29, 0.717) is 0 Å². The minimum absolute atomic E-state index is 0. The van der Waals surface area contributed by atoms with E-state index in [9.17, 15) is 0 Å². The maximum absolute atomic E-state index is 2.21. The fourth-order valence-corrected chi connectivity index (χ4v) is 0.354. The van der Waals surface area contributed by atoms with E-state index in [1.165, 1.54) is 32.1 Å². The van der Waals surface area contributed by atoms with Crippen molar-refractivity contribution in [2.24, 2.45) is 0 Å². The standard InChI is InChI=1S/C5H12.C4H10.2CH4.Y/c1-3-5-4-2;1-3-4-2;;;/h3-5H2,1-2H3;3-4H2,1-2H3;2*1H4;. The van der Waals surface area contributed by atoms with Gasteiger partial charge in [0.15, 0.2) is 0 Å². The van der Waals surface area contributed by atoms with E-state index < -0.39 is 0 Å². The first-order chi connectivity index (χ1) is 4.33. The van der Waals surface area contributed by atoms with E-state index in [1.54, 1.807) is 0 Å². The Hall–Kier alpha value is 1.10. The third-order valence-electron chi connectivity index (χ3n) is 1.21. The van der Waals surface area contributed by atoms with Crippen LogP contribution in [0.1, 0.15) is 74.7 Å². The van der Waals surface area contributed by atoms with E-state index in [2.05, 4.69) is 27.7 Å². The van der Waals surface area contributed by atoms with Crippen molar-refractivity contribution < 1.29 is 32.7 Å². The Morgan fingerprint density at radius 2 is 0.833 bits per heavy atom. The van der Waals surface area contributed by atoms with Gasteiger partial charge in [0, 0.05) is 32.7 Å². The smallest absolute Gasteiger partial charge is 0 e. The van der Waals surface area contributed by atoms with Crippen LogP contribution in [0.25, 0.3) is 0 Å². The van der Waals surface area contributed by atoms with Gasteiger partial charge in [-0.05, 0) is 0 Å². The summed E-state index contributed by atoms with van der Waals surface area (Å²) in [6.45, 7) is 8.78. The molecule has 0 nitrogen and oxygen atoms in total. The molecule has 0 saturated carbocycles. The Morgan fingerprint density at radius 1 is 0.583 bits per heavy atom. The van der Waals surface area contributed by atoms with E-state index in [0.717, 1.165) is 0 Å². The van der Waals surface area contributed by atoms with E-state index in [1.807, 2.05) is 0 Å². The largest absolute Gasteiger partial charge is 0.0776 e. The van der Waals surface area contributed by atoms with Crippen LogP contribution in [0.15, 0.2) is 0 Å². The van der Waals surface area contributed by atoms with Crippen molar-refractivity contribution in [1.29, 1.82) is 0 Å². The Morgan fingerprint density at radius 3 is 0.833 bits per heavy atom. The molecule has 0 amide bonds. The average Bonchev–Trinajstić information content (AvgIpc) is 1.91. The van der Waals surface area contributed by atoms with Gasteiger partial charge in [-0.15, -0.1) is 0 Å². The zero-order chi connectivity index (χ0) is 7.54. The first-order valence-electron chi connectivity index (χ1n) is 4.33. The summed E-state index contributed by atoms with van der Waals surface area (Å²) in [4.78, 5) is 0. The van der Waals surface area contributed by atoms with Gasteiger partial charge in [-0.2, -0.15) is 0 Å². The molecular weight excluding hydrogens is 221 g/mol. The molecule has 1 heteroatoms. The van der Waals surface area contributed by atoms with Crippen LogP contribution in [-0.2, 0) is 32.7 Å². The second kappa shape index (κ2) is 40.1. The maximum atomic E-state index is 2.21. The van der Waals surface area contributed by atoms with Gasteiger partial charge in [-0.3, -0.25) is 0 Å². The van der Waals surface area contributed by atoms with Crippen LogP contribution in [0.2, 0.25) is 0 Å². The summed E-state index contributed by atoms with van der Waals surface area (Å²) in [7, 11) is 0. The zero-order valence-electron chi connectivity index (χ0n) is 8.11. The van der Waals surface area contributed by atoms with Crippen molar-refractivity contribution in [3.05, 3.63) is 0 Å². The van der Waals surface area contributed by atoms with Gasteiger partial charge in [0.05, 0.1) is 0 Å². The van der Waals surface area contributed by atoms with Crippen LogP contribution < -0.4 is 0 Å². The molecule has 0 heterocycles. The number of hydrogen-bond acceptors (Lipinski definition) is 0. The van der Waals surface area contributed by atoms with E-state index in [-0.39, 0.29) is 47.6 Å². The van der Waals surface area contributed by atoms with Crippen LogP contribution in [0.5, 0.6) is 0 Å². The van der Waals surface area contributed by atoms with Gasteiger partial charge in [0.1, 0.15) is 0 Å². The Labute approximate surface area is 107 Å². The van der Waals surface area contributed by atoms with Crippen molar-refractivity contribution in [3.63, 3.8) is 0 Å². The molecule has 0 aromatic heterocycles. The normalized spacial score (nSPS) is 6.00. The van der Waals surface area contributed by atoms with E-state index >= 15 is 0 Å². The van der Waals surface area contributed by atoms with Crippen molar-refractivity contribution in [2.75, 3.05) is 0 Å². The molecule has 0 saturated heterocycles. The third-order valence-corrected chi connectivity index (χ3v) is 1.21. The number of hydrogen-bond donors (Lipinski definition) is 0. The molecule has 0 rings (SSSR count). The maximum Gasteiger partial charge on any atom is 0 e. The van der Waals surface area contributed by atoms with E-state index in [4.69, 9.17) is 0 Å². The first-order valence-corrected chi connectivity index (χ1v) is 4.33. The van der Waals surface area contributed by atoms with Crippen LogP contribution in [-0.4, -0.2) is 0 Å². The van der Waals surface area contributed by atoms with Crippen molar-refractivity contribution in [1.82, 2.24) is 0 Å². The fraction of sp³-hybridized carbons (Fsp3) is 1.00. The van der Waals surface area contributed by atoms with Crippen LogP contribution >= 0.6 is 0 Å². The molecule has 0 N–H and O–H groups in total. The van der Waals surface area contributed by atoms with Crippen LogP contribution in [0.3, 0.4) is 0 Å². The molecule has 0 aliphatic carbocycles. The molecule has 77 valence electrons. The molecule has 0 fully saturated rings. The molecule has 0 aromatic carbocycles.